The van der Waals surface area contributed by atoms with Crippen LogP contribution in [-0.2, 0) is 6.42 Å². The lowest BCUT2D eigenvalue weighted by atomic mass is 9.88. The van der Waals surface area contributed by atoms with Crippen molar-refractivity contribution in [2.24, 2.45) is 0 Å². The number of aromatic nitrogens is 1. The van der Waals surface area contributed by atoms with Crippen molar-refractivity contribution in [1.29, 1.82) is 0 Å². The maximum Gasteiger partial charge on any atom is 0.135 e. The zero-order valence-electron chi connectivity index (χ0n) is 24.0. The molecule has 0 saturated heterocycles. The first-order chi connectivity index (χ1) is 21.8. The summed E-state index contributed by atoms with van der Waals surface area (Å²) in [7, 11) is 0. The molecule has 208 valence electrons. The monoisotopic (exact) mass is 581 g/mol. The second kappa shape index (κ2) is 10.3. The first-order valence-corrected chi connectivity index (χ1v) is 16.0. The van der Waals surface area contributed by atoms with Crippen molar-refractivity contribution in [2.45, 2.75) is 11.3 Å². The van der Waals surface area contributed by atoms with Crippen LogP contribution in [0.5, 0.6) is 11.5 Å². The van der Waals surface area contributed by atoms with Crippen molar-refractivity contribution in [3.05, 3.63) is 145 Å². The third kappa shape index (κ3) is 4.16. The van der Waals surface area contributed by atoms with Crippen LogP contribution in [0.25, 0.3) is 66.5 Å². The molecule has 0 spiro atoms. The maximum atomic E-state index is 6.72. The third-order valence-electron chi connectivity index (χ3n) is 8.86. The van der Waals surface area contributed by atoms with E-state index in [4.69, 9.17) is 9.72 Å². The summed E-state index contributed by atoms with van der Waals surface area (Å²) in [6, 6.07) is 47.9. The highest BCUT2D eigenvalue weighted by Crippen LogP contribution is 2.50. The summed E-state index contributed by atoms with van der Waals surface area (Å²) in [6.45, 7) is 0. The molecular formula is C41H27NOS. The lowest BCUT2D eigenvalue weighted by Gasteiger charge is -2.16. The molecule has 9 rings (SSSR count). The number of nitrogens with zero attached hydrogens (tertiary/aromatic N) is 1. The van der Waals surface area contributed by atoms with E-state index >= 15 is 0 Å². The SMILES string of the molecule is c1ccc(-c2cc(-c3nccc4ccccc34)ccc2-c2ccc3c(c2)-c2ccccc2-c2cc4c(cc2O3)CCS4)cc1. The van der Waals surface area contributed by atoms with Crippen LogP contribution in [0.3, 0.4) is 0 Å². The van der Waals surface area contributed by atoms with Gasteiger partial charge in [-0.15, -0.1) is 11.8 Å². The molecule has 2 nitrogen and oxygen atoms in total. The van der Waals surface area contributed by atoms with Gasteiger partial charge in [-0.2, -0.15) is 0 Å². The fraction of sp³-hybridized carbons (Fsp3) is 0.0488. The molecule has 0 fully saturated rings. The van der Waals surface area contributed by atoms with Crippen LogP contribution in [0.2, 0.25) is 0 Å². The van der Waals surface area contributed by atoms with Crippen LogP contribution in [-0.4, -0.2) is 10.7 Å². The number of fused-ring (bicyclic) bond motifs is 7. The molecule has 0 N–H and O–H groups in total. The van der Waals surface area contributed by atoms with Gasteiger partial charge in [-0.1, -0.05) is 97.1 Å². The van der Waals surface area contributed by atoms with Crippen molar-refractivity contribution in [1.82, 2.24) is 4.98 Å². The Hall–Kier alpha value is -5.12. The number of ether oxygens (including phenoxy) is 1. The molecule has 0 amide bonds. The zero-order valence-corrected chi connectivity index (χ0v) is 24.8. The maximum absolute atomic E-state index is 6.72. The van der Waals surface area contributed by atoms with Gasteiger partial charge in [-0.25, -0.2) is 0 Å². The molecule has 0 saturated carbocycles. The number of hydrogen-bond donors (Lipinski definition) is 0. The molecule has 2 aliphatic rings. The van der Waals surface area contributed by atoms with Crippen LogP contribution in [0.15, 0.2) is 145 Å². The number of thioether (sulfide) groups is 1. The standard InChI is InChI=1S/C41H27NOS/c1-2-8-26(9-3-1)35-23-30(41-32-11-5-4-10-27(32)18-20-42-41)14-16-31(35)28-15-17-38-36(22-28)33-12-6-7-13-34(33)37-25-40-29(19-21-44-40)24-39(37)43-38/h1-18,20,22-25H,19,21H2. The molecular weight excluding hydrogens is 555 g/mol. The Balaban J connectivity index is 1.23. The molecule has 44 heavy (non-hydrogen) atoms. The van der Waals surface area contributed by atoms with E-state index in [1.165, 1.54) is 49.2 Å². The van der Waals surface area contributed by atoms with Gasteiger partial charge in [0.25, 0.3) is 0 Å². The average Bonchev–Trinajstić information content (AvgIpc) is 3.50. The van der Waals surface area contributed by atoms with Crippen LogP contribution in [0.1, 0.15) is 5.56 Å². The van der Waals surface area contributed by atoms with Crippen LogP contribution in [0.4, 0.5) is 0 Å². The number of benzene rings is 6. The highest BCUT2D eigenvalue weighted by atomic mass is 32.2. The highest BCUT2D eigenvalue weighted by molar-refractivity contribution is 7.99. The molecule has 1 aromatic heterocycles. The molecule has 6 aromatic carbocycles. The summed E-state index contributed by atoms with van der Waals surface area (Å²) >= 11 is 1.95. The van der Waals surface area contributed by atoms with E-state index in [1.807, 2.05) is 18.0 Å². The third-order valence-corrected chi connectivity index (χ3v) is 9.96. The molecule has 0 atom stereocenters. The summed E-state index contributed by atoms with van der Waals surface area (Å²) in [5.74, 6) is 2.98. The van der Waals surface area contributed by atoms with E-state index in [-0.39, 0.29) is 0 Å². The molecule has 0 bridgehead atoms. The summed E-state index contributed by atoms with van der Waals surface area (Å²) < 4.78 is 6.72. The minimum atomic E-state index is 0.892. The van der Waals surface area contributed by atoms with Gasteiger partial charge in [-0.3, -0.25) is 4.98 Å². The lowest BCUT2D eigenvalue weighted by molar-refractivity contribution is 0.487. The van der Waals surface area contributed by atoms with E-state index in [2.05, 4.69) is 133 Å². The summed E-state index contributed by atoms with van der Waals surface area (Å²) in [4.78, 5) is 6.21. The summed E-state index contributed by atoms with van der Waals surface area (Å²) in [5, 5.41) is 2.35. The second-order valence-electron chi connectivity index (χ2n) is 11.4. The van der Waals surface area contributed by atoms with E-state index in [9.17, 15) is 0 Å². The largest absolute Gasteiger partial charge is 0.456 e. The number of pyridine rings is 1. The number of rotatable bonds is 3. The molecule has 0 radical (unpaired) electrons. The number of aryl methyl sites for hydroxylation is 1. The second-order valence-corrected chi connectivity index (χ2v) is 12.6. The predicted octanol–water partition coefficient (Wildman–Crippen LogP) is 11.3. The van der Waals surface area contributed by atoms with Crippen LogP contribution in [0, 0.1) is 0 Å². The van der Waals surface area contributed by atoms with Gasteiger partial charge in [-0.05, 0) is 87.1 Å². The van der Waals surface area contributed by atoms with E-state index < -0.39 is 0 Å². The molecule has 7 aromatic rings. The number of hydrogen-bond acceptors (Lipinski definition) is 3. The molecule has 3 heteroatoms. The Labute approximate surface area is 261 Å². The van der Waals surface area contributed by atoms with Gasteiger partial charge in [0, 0.05) is 38.9 Å². The first kappa shape index (κ1) is 25.4. The molecule has 0 aliphatic carbocycles. The van der Waals surface area contributed by atoms with Gasteiger partial charge in [0.1, 0.15) is 11.5 Å². The zero-order chi connectivity index (χ0) is 29.0. The lowest BCUT2D eigenvalue weighted by Crippen LogP contribution is -1.92. The van der Waals surface area contributed by atoms with E-state index in [1.54, 1.807) is 0 Å². The van der Waals surface area contributed by atoms with E-state index in [0.717, 1.165) is 51.4 Å². The topological polar surface area (TPSA) is 22.1 Å². The first-order valence-electron chi connectivity index (χ1n) is 15.1. The van der Waals surface area contributed by atoms with Gasteiger partial charge < -0.3 is 4.74 Å². The molecule has 3 heterocycles. The van der Waals surface area contributed by atoms with Crippen molar-refractivity contribution in [3.63, 3.8) is 0 Å². The van der Waals surface area contributed by atoms with Crippen LogP contribution >= 0.6 is 11.8 Å². The Kier molecular flexibility index (Phi) is 5.92. The quantitative estimate of drug-likeness (QED) is 0.207. The predicted molar refractivity (Wildman–Crippen MR) is 183 cm³/mol. The van der Waals surface area contributed by atoms with Crippen molar-refractivity contribution in [2.75, 3.05) is 5.75 Å². The Bertz CT molecular complexity index is 2230. The van der Waals surface area contributed by atoms with Gasteiger partial charge in [0.05, 0.1) is 5.69 Å². The normalized spacial score (nSPS) is 12.9. The Morgan fingerprint density at radius 1 is 0.523 bits per heavy atom. The molecule has 0 unspecified atom stereocenters. The van der Waals surface area contributed by atoms with Gasteiger partial charge >= 0.3 is 0 Å². The average molecular weight is 582 g/mol. The van der Waals surface area contributed by atoms with Crippen LogP contribution < -0.4 is 4.74 Å². The Morgan fingerprint density at radius 2 is 1.27 bits per heavy atom. The smallest absolute Gasteiger partial charge is 0.135 e. The fourth-order valence-electron chi connectivity index (χ4n) is 6.72. The van der Waals surface area contributed by atoms with Crippen molar-refractivity contribution in [3.8, 4) is 67.3 Å². The fourth-order valence-corrected chi connectivity index (χ4v) is 7.80. The summed E-state index contributed by atoms with van der Waals surface area (Å²) in [5.41, 5.74) is 12.9. The minimum Gasteiger partial charge on any atom is -0.456 e. The summed E-state index contributed by atoms with van der Waals surface area (Å²) in [6.07, 6.45) is 3.00. The van der Waals surface area contributed by atoms with Gasteiger partial charge in [0.15, 0.2) is 0 Å². The highest BCUT2D eigenvalue weighted by Gasteiger charge is 2.25. The van der Waals surface area contributed by atoms with Crippen molar-refractivity contribution < 1.29 is 4.74 Å². The van der Waals surface area contributed by atoms with Gasteiger partial charge in [0.2, 0.25) is 0 Å². The minimum absolute atomic E-state index is 0.892. The Morgan fingerprint density at radius 3 is 2.16 bits per heavy atom. The molecule has 2 aliphatic heterocycles. The van der Waals surface area contributed by atoms with Crippen molar-refractivity contribution >= 4 is 22.5 Å². The van der Waals surface area contributed by atoms with E-state index in [0.29, 0.717) is 0 Å².